The number of nitrogens with zero attached hydrogens (tertiary/aromatic N) is 1. The largest absolute Gasteiger partial charge is 0.489 e. The molecule has 3 nitrogen and oxygen atoms in total. The summed E-state index contributed by atoms with van der Waals surface area (Å²) in [4.78, 5) is 1.63. The molecule has 0 aromatic heterocycles. The number of hydrogen-bond acceptors (Lipinski definition) is 3. The molecule has 0 amide bonds. The summed E-state index contributed by atoms with van der Waals surface area (Å²) in [5.41, 5.74) is 2.90. The van der Waals surface area contributed by atoms with Gasteiger partial charge in [0.15, 0.2) is 0 Å². The van der Waals surface area contributed by atoms with Gasteiger partial charge in [-0.15, -0.1) is 0 Å². The summed E-state index contributed by atoms with van der Waals surface area (Å²) in [6.45, 7) is 2.03. The van der Waals surface area contributed by atoms with Crippen LogP contribution in [0.4, 0.5) is 18.9 Å². The lowest BCUT2D eigenvalue weighted by atomic mass is 10.1. The Kier molecular flexibility index (Phi) is 5.41. The van der Waals surface area contributed by atoms with Gasteiger partial charge in [-0.1, -0.05) is 24.3 Å². The van der Waals surface area contributed by atoms with E-state index in [4.69, 9.17) is 4.74 Å². The number of hydrogen-bond donors (Lipinski definition) is 1. The molecule has 0 unspecified atom stereocenters. The van der Waals surface area contributed by atoms with Gasteiger partial charge < -0.3 is 14.7 Å². The zero-order valence-corrected chi connectivity index (χ0v) is 14.5. The highest BCUT2D eigenvalue weighted by molar-refractivity contribution is 5.51. The minimum Gasteiger partial charge on any atom is -0.489 e. The van der Waals surface area contributed by atoms with E-state index in [2.05, 4.69) is 0 Å². The first-order valence-electron chi connectivity index (χ1n) is 8.60. The van der Waals surface area contributed by atoms with E-state index in [1.54, 1.807) is 29.2 Å². The number of ether oxygens (including phenoxy) is 1. The van der Waals surface area contributed by atoms with Crippen molar-refractivity contribution in [2.24, 2.45) is 5.92 Å². The zero-order chi connectivity index (χ0) is 18.7. The van der Waals surface area contributed by atoms with Crippen molar-refractivity contribution in [1.82, 2.24) is 0 Å². The number of anilines is 1. The number of aryl methyl sites for hydroxylation is 1. The van der Waals surface area contributed by atoms with Crippen molar-refractivity contribution in [2.75, 3.05) is 18.1 Å². The van der Waals surface area contributed by atoms with Crippen LogP contribution < -0.4 is 9.64 Å². The van der Waals surface area contributed by atoms with Crippen LogP contribution in [-0.4, -0.2) is 30.5 Å². The van der Waals surface area contributed by atoms with Gasteiger partial charge in [-0.3, -0.25) is 0 Å². The van der Waals surface area contributed by atoms with Crippen molar-refractivity contribution in [1.29, 1.82) is 0 Å². The first kappa shape index (κ1) is 18.6. The van der Waals surface area contributed by atoms with Crippen LogP contribution in [0.2, 0.25) is 0 Å². The summed E-state index contributed by atoms with van der Waals surface area (Å²) in [6.07, 6.45) is -4.32. The molecule has 1 fully saturated rings. The van der Waals surface area contributed by atoms with Gasteiger partial charge in [-0.05, 0) is 48.7 Å². The molecule has 140 valence electrons. The van der Waals surface area contributed by atoms with Gasteiger partial charge in [0.2, 0.25) is 0 Å². The molecule has 1 heterocycles. The lowest BCUT2D eigenvalue weighted by molar-refractivity contribution is -0.168. The maximum Gasteiger partial charge on any atom is 0.393 e. The smallest absolute Gasteiger partial charge is 0.393 e. The molecule has 0 aliphatic carbocycles. The first-order chi connectivity index (χ1) is 12.4. The Morgan fingerprint density at radius 1 is 1.12 bits per heavy atom. The molecule has 3 rings (SSSR count). The third-order valence-corrected chi connectivity index (χ3v) is 4.91. The molecular weight excluding hydrogens is 343 g/mol. The van der Waals surface area contributed by atoms with Crippen molar-refractivity contribution >= 4 is 5.69 Å². The first-order valence-corrected chi connectivity index (χ1v) is 8.60. The molecule has 2 aromatic carbocycles. The van der Waals surface area contributed by atoms with Gasteiger partial charge in [0.05, 0.1) is 18.6 Å². The topological polar surface area (TPSA) is 32.7 Å². The lowest BCUT2D eigenvalue weighted by Gasteiger charge is -2.25. The monoisotopic (exact) mass is 365 g/mol. The Morgan fingerprint density at radius 3 is 2.42 bits per heavy atom. The van der Waals surface area contributed by atoms with E-state index in [1.165, 1.54) is 0 Å². The van der Waals surface area contributed by atoms with Crippen molar-refractivity contribution in [3.63, 3.8) is 0 Å². The second-order valence-corrected chi connectivity index (χ2v) is 6.67. The number of halogens is 3. The summed E-state index contributed by atoms with van der Waals surface area (Å²) < 4.78 is 44.7. The molecule has 2 aromatic rings. The Balaban J connectivity index is 1.66. The SMILES string of the molecule is Cc1ccccc1COc1ccc(N2C[C@@H](C(F)(F)F)C[C@H]2CO)cc1. The average Bonchev–Trinajstić information content (AvgIpc) is 3.06. The second kappa shape index (κ2) is 7.58. The molecule has 6 heteroatoms. The average molecular weight is 365 g/mol. The van der Waals surface area contributed by atoms with Crippen LogP contribution in [0.15, 0.2) is 48.5 Å². The van der Waals surface area contributed by atoms with E-state index >= 15 is 0 Å². The Labute approximate surface area is 151 Å². The van der Waals surface area contributed by atoms with Crippen LogP contribution in [0.1, 0.15) is 17.5 Å². The van der Waals surface area contributed by atoms with E-state index in [0.717, 1.165) is 11.1 Å². The van der Waals surface area contributed by atoms with Crippen molar-refractivity contribution in [2.45, 2.75) is 32.2 Å². The fourth-order valence-electron chi connectivity index (χ4n) is 3.31. The summed E-state index contributed by atoms with van der Waals surface area (Å²) in [5, 5.41) is 9.44. The zero-order valence-electron chi connectivity index (χ0n) is 14.5. The minimum atomic E-state index is -4.24. The Morgan fingerprint density at radius 2 is 1.81 bits per heavy atom. The van der Waals surface area contributed by atoms with Crippen LogP contribution in [0.3, 0.4) is 0 Å². The molecule has 1 aliphatic heterocycles. The van der Waals surface area contributed by atoms with Crippen molar-refractivity contribution in [3.8, 4) is 5.75 Å². The molecule has 1 N–H and O–H groups in total. The molecule has 0 bridgehead atoms. The summed E-state index contributed by atoms with van der Waals surface area (Å²) in [6, 6.07) is 14.4. The molecule has 0 spiro atoms. The molecule has 0 radical (unpaired) electrons. The Hall–Kier alpha value is -2.21. The van der Waals surface area contributed by atoms with Gasteiger partial charge >= 0.3 is 6.18 Å². The predicted molar refractivity (Wildman–Crippen MR) is 94.3 cm³/mol. The molecule has 1 aliphatic rings. The highest BCUT2D eigenvalue weighted by atomic mass is 19.4. The molecule has 1 saturated heterocycles. The van der Waals surface area contributed by atoms with E-state index in [-0.39, 0.29) is 19.6 Å². The van der Waals surface area contributed by atoms with E-state index in [1.807, 2.05) is 31.2 Å². The van der Waals surface area contributed by atoms with Crippen LogP contribution in [0, 0.1) is 12.8 Å². The minimum absolute atomic E-state index is 0.0778. The number of aliphatic hydroxyl groups is 1. The van der Waals surface area contributed by atoms with Gasteiger partial charge in [-0.25, -0.2) is 0 Å². The Bertz CT molecular complexity index is 731. The number of benzene rings is 2. The third kappa shape index (κ3) is 4.12. The summed E-state index contributed by atoms with van der Waals surface area (Å²) in [5.74, 6) is -0.749. The third-order valence-electron chi connectivity index (χ3n) is 4.91. The molecular formula is C20H22F3NO2. The highest BCUT2D eigenvalue weighted by Crippen LogP contribution is 2.38. The quantitative estimate of drug-likeness (QED) is 0.856. The second-order valence-electron chi connectivity index (χ2n) is 6.67. The molecule has 26 heavy (non-hydrogen) atoms. The van der Waals surface area contributed by atoms with Crippen molar-refractivity contribution < 1.29 is 23.0 Å². The summed E-state index contributed by atoms with van der Waals surface area (Å²) in [7, 11) is 0. The van der Waals surface area contributed by atoms with Crippen LogP contribution in [-0.2, 0) is 6.61 Å². The van der Waals surface area contributed by atoms with Gasteiger partial charge in [0, 0.05) is 12.2 Å². The highest BCUT2D eigenvalue weighted by Gasteiger charge is 2.47. The van der Waals surface area contributed by atoms with Crippen LogP contribution in [0.5, 0.6) is 5.75 Å². The fraction of sp³-hybridized carbons (Fsp3) is 0.400. The van der Waals surface area contributed by atoms with Crippen LogP contribution >= 0.6 is 0 Å². The molecule has 0 saturated carbocycles. The predicted octanol–water partition coefficient (Wildman–Crippen LogP) is 4.32. The van der Waals surface area contributed by atoms with E-state index < -0.39 is 18.1 Å². The van der Waals surface area contributed by atoms with Gasteiger partial charge in [0.1, 0.15) is 12.4 Å². The maximum atomic E-state index is 13.0. The fourth-order valence-corrected chi connectivity index (χ4v) is 3.31. The summed E-state index contributed by atoms with van der Waals surface area (Å²) >= 11 is 0. The van der Waals surface area contributed by atoms with E-state index in [9.17, 15) is 18.3 Å². The normalized spacial score (nSPS) is 20.4. The van der Waals surface area contributed by atoms with E-state index in [0.29, 0.717) is 18.0 Å². The van der Waals surface area contributed by atoms with Crippen molar-refractivity contribution in [3.05, 3.63) is 59.7 Å². The maximum absolute atomic E-state index is 13.0. The molecule has 2 atom stereocenters. The lowest BCUT2D eigenvalue weighted by Crippen LogP contribution is -2.32. The number of alkyl halides is 3. The number of aliphatic hydroxyl groups excluding tert-OH is 1. The van der Waals surface area contributed by atoms with Gasteiger partial charge in [-0.2, -0.15) is 13.2 Å². The number of rotatable bonds is 5. The van der Waals surface area contributed by atoms with Gasteiger partial charge in [0.25, 0.3) is 0 Å². The van der Waals surface area contributed by atoms with Crippen LogP contribution in [0.25, 0.3) is 0 Å². The standard InChI is InChI=1S/C20H22F3NO2/c1-14-4-2-3-5-15(14)13-26-19-8-6-17(7-9-19)24-11-16(20(21,22)23)10-18(24)12-25/h2-9,16,18,25H,10-13H2,1H3/t16-,18-/m0/s1.